The predicted octanol–water partition coefficient (Wildman–Crippen LogP) is 4.26. The molecule has 0 aliphatic carbocycles. The van der Waals surface area contributed by atoms with Crippen LogP contribution in [0.2, 0.25) is 5.02 Å². The largest absolute Gasteiger partial charge is 0.345 e. The van der Waals surface area contributed by atoms with E-state index in [1.54, 1.807) is 18.2 Å². The van der Waals surface area contributed by atoms with Gasteiger partial charge in [0.25, 0.3) is 5.91 Å². The van der Waals surface area contributed by atoms with E-state index >= 15 is 0 Å². The monoisotopic (exact) mass is 360 g/mol. The first kappa shape index (κ1) is 16.9. The molecule has 0 saturated carbocycles. The highest BCUT2D eigenvalue weighted by molar-refractivity contribution is 8.00. The Morgan fingerprint density at radius 1 is 1.29 bits per heavy atom. The van der Waals surface area contributed by atoms with Crippen molar-refractivity contribution in [1.29, 1.82) is 0 Å². The molecule has 2 aromatic carbocycles. The molecule has 0 radical (unpaired) electrons. The van der Waals surface area contributed by atoms with Crippen molar-refractivity contribution >= 4 is 40.9 Å². The van der Waals surface area contributed by atoms with Crippen molar-refractivity contribution in [3.05, 3.63) is 58.6 Å². The Morgan fingerprint density at radius 2 is 2.04 bits per heavy atom. The van der Waals surface area contributed by atoms with Crippen molar-refractivity contribution in [3.63, 3.8) is 0 Å². The van der Waals surface area contributed by atoms with Crippen LogP contribution in [-0.2, 0) is 4.79 Å². The van der Waals surface area contributed by atoms with Crippen molar-refractivity contribution in [1.82, 2.24) is 5.32 Å². The number of hydrogen-bond donors (Lipinski definition) is 2. The summed E-state index contributed by atoms with van der Waals surface area (Å²) in [4.78, 5) is 25.3. The van der Waals surface area contributed by atoms with Crippen LogP contribution in [-0.4, -0.2) is 17.1 Å². The molecule has 0 spiro atoms. The summed E-state index contributed by atoms with van der Waals surface area (Å²) in [5.41, 5.74) is 2.05. The van der Waals surface area contributed by atoms with Crippen LogP contribution in [0.3, 0.4) is 0 Å². The van der Waals surface area contributed by atoms with E-state index in [4.69, 9.17) is 11.6 Å². The van der Waals surface area contributed by atoms with Gasteiger partial charge in [0.15, 0.2) is 0 Å². The zero-order valence-electron chi connectivity index (χ0n) is 13.3. The van der Waals surface area contributed by atoms with Crippen molar-refractivity contribution in [2.75, 3.05) is 5.32 Å². The van der Waals surface area contributed by atoms with E-state index in [9.17, 15) is 9.59 Å². The highest BCUT2D eigenvalue weighted by atomic mass is 35.5. The zero-order valence-corrected chi connectivity index (χ0v) is 14.9. The molecule has 4 nitrogen and oxygen atoms in total. The molecule has 124 valence electrons. The van der Waals surface area contributed by atoms with Crippen LogP contribution in [0.4, 0.5) is 5.69 Å². The smallest absolute Gasteiger partial charge is 0.251 e. The first-order chi connectivity index (χ1) is 11.5. The topological polar surface area (TPSA) is 58.2 Å². The van der Waals surface area contributed by atoms with Crippen molar-refractivity contribution < 1.29 is 9.59 Å². The maximum Gasteiger partial charge on any atom is 0.251 e. The van der Waals surface area contributed by atoms with Gasteiger partial charge in [-0.05, 0) is 43.7 Å². The van der Waals surface area contributed by atoms with Gasteiger partial charge in [0, 0.05) is 15.5 Å². The Hall–Kier alpha value is -1.98. The minimum Gasteiger partial charge on any atom is -0.345 e. The second-order valence-corrected chi connectivity index (χ2v) is 7.47. The molecule has 1 heterocycles. The van der Waals surface area contributed by atoms with Gasteiger partial charge in [-0.3, -0.25) is 9.59 Å². The molecular formula is C18H17ClN2O2S. The minimum atomic E-state index is -0.216. The number of amides is 2. The Balaban J connectivity index is 1.78. The van der Waals surface area contributed by atoms with Gasteiger partial charge in [0.2, 0.25) is 5.91 Å². The molecule has 0 unspecified atom stereocenters. The van der Waals surface area contributed by atoms with E-state index in [0.717, 1.165) is 10.5 Å². The molecule has 6 heteroatoms. The van der Waals surface area contributed by atoms with Crippen molar-refractivity contribution in [2.45, 2.75) is 30.0 Å². The second kappa shape index (κ2) is 6.87. The first-order valence-electron chi connectivity index (χ1n) is 7.62. The number of carbonyl (C=O) groups excluding carboxylic acids is 2. The van der Waals surface area contributed by atoms with Gasteiger partial charge < -0.3 is 10.6 Å². The molecule has 24 heavy (non-hydrogen) atoms. The summed E-state index contributed by atoms with van der Waals surface area (Å²) in [6, 6.07) is 12.6. The molecular weight excluding hydrogens is 344 g/mol. The van der Waals surface area contributed by atoms with Crippen LogP contribution in [0, 0.1) is 0 Å². The quantitative estimate of drug-likeness (QED) is 0.859. The third-order valence-electron chi connectivity index (χ3n) is 3.89. The maximum atomic E-state index is 12.5. The number of anilines is 1. The molecule has 0 bridgehead atoms. The lowest BCUT2D eigenvalue weighted by molar-refractivity contribution is -0.115. The van der Waals surface area contributed by atoms with E-state index in [1.807, 2.05) is 38.1 Å². The van der Waals surface area contributed by atoms with E-state index in [-0.39, 0.29) is 23.1 Å². The number of nitrogens with one attached hydrogen (secondary N) is 2. The minimum absolute atomic E-state index is 0.0468. The summed E-state index contributed by atoms with van der Waals surface area (Å²) in [6.45, 7) is 3.74. The van der Waals surface area contributed by atoms with E-state index in [1.165, 1.54) is 11.8 Å². The van der Waals surface area contributed by atoms with Gasteiger partial charge in [-0.1, -0.05) is 29.8 Å². The summed E-state index contributed by atoms with van der Waals surface area (Å²) in [5.74, 6) is -0.252. The number of thioether (sulfide) groups is 1. The Bertz CT molecular complexity index is 809. The molecule has 2 aromatic rings. The molecule has 1 aliphatic heterocycles. The molecule has 3 rings (SSSR count). The lowest BCUT2D eigenvalue weighted by atomic mass is 10.1. The normalized spacial score (nSPS) is 17.6. The highest BCUT2D eigenvalue weighted by Gasteiger charge is 2.24. The van der Waals surface area contributed by atoms with Gasteiger partial charge in [0.1, 0.15) is 0 Å². The summed E-state index contributed by atoms with van der Waals surface area (Å²) in [6.07, 6.45) is 0. The Morgan fingerprint density at radius 3 is 2.79 bits per heavy atom. The number of hydrogen-bond acceptors (Lipinski definition) is 3. The Kier molecular flexibility index (Phi) is 4.83. The van der Waals surface area contributed by atoms with Crippen LogP contribution in [0.15, 0.2) is 47.4 Å². The summed E-state index contributed by atoms with van der Waals surface area (Å²) in [7, 11) is 0. The first-order valence-corrected chi connectivity index (χ1v) is 8.88. The van der Waals surface area contributed by atoms with E-state index < -0.39 is 0 Å². The van der Waals surface area contributed by atoms with Crippen molar-refractivity contribution in [3.8, 4) is 0 Å². The van der Waals surface area contributed by atoms with Crippen LogP contribution in [0.1, 0.15) is 35.8 Å². The van der Waals surface area contributed by atoms with Gasteiger partial charge in [0.05, 0.1) is 17.0 Å². The standard InChI is InChI=1S/C18H17ClN2O2S/c1-10(13-5-3-4-6-14(13)19)20-18(23)12-7-8-16-15(9-12)21-17(22)11(2)24-16/h3-11H,1-2H3,(H,20,23)(H,21,22)/t10-,11+/m0/s1. The fourth-order valence-electron chi connectivity index (χ4n) is 2.53. The number of benzene rings is 2. The molecule has 2 N–H and O–H groups in total. The van der Waals surface area contributed by atoms with Gasteiger partial charge in [-0.15, -0.1) is 11.8 Å². The average molecular weight is 361 g/mol. The number of rotatable bonds is 3. The zero-order chi connectivity index (χ0) is 17.3. The van der Waals surface area contributed by atoms with Crippen LogP contribution in [0.25, 0.3) is 0 Å². The molecule has 2 atom stereocenters. The van der Waals surface area contributed by atoms with Crippen LogP contribution >= 0.6 is 23.4 Å². The van der Waals surface area contributed by atoms with E-state index in [0.29, 0.717) is 16.3 Å². The summed E-state index contributed by atoms with van der Waals surface area (Å²) in [5, 5.41) is 6.27. The van der Waals surface area contributed by atoms with E-state index in [2.05, 4.69) is 10.6 Å². The van der Waals surface area contributed by atoms with Crippen molar-refractivity contribution in [2.24, 2.45) is 0 Å². The SMILES string of the molecule is C[C@H](NC(=O)c1ccc2c(c1)NC(=O)[C@@H](C)S2)c1ccccc1Cl. The fraction of sp³-hybridized carbons (Fsp3) is 0.222. The number of halogens is 1. The fourth-order valence-corrected chi connectivity index (χ4v) is 3.76. The highest BCUT2D eigenvalue weighted by Crippen LogP contribution is 2.36. The van der Waals surface area contributed by atoms with Gasteiger partial charge >= 0.3 is 0 Å². The third kappa shape index (κ3) is 3.42. The average Bonchev–Trinajstić information content (AvgIpc) is 2.55. The molecule has 0 fully saturated rings. The second-order valence-electron chi connectivity index (χ2n) is 5.68. The predicted molar refractivity (Wildman–Crippen MR) is 97.7 cm³/mol. The summed E-state index contributed by atoms with van der Waals surface area (Å²) < 4.78 is 0. The Labute approximate surface area is 150 Å². The number of fused-ring (bicyclic) bond motifs is 1. The van der Waals surface area contributed by atoms with Gasteiger partial charge in [-0.25, -0.2) is 0 Å². The van der Waals surface area contributed by atoms with Crippen LogP contribution < -0.4 is 10.6 Å². The maximum absolute atomic E-state index is 12.5. The number of carbonyl (C=O) groups is 2. The lowest BCUT2D eigenvalue weighted by Crippen LogP contribution is -2.28. The van der Waals surface area contributed by atoms with Gasteiger partial charge in [-0.2, -0.15) is 0 Å². The lowest BCUT2D eigenvalue weighted by Gasteiger charge is -2.22. The summed E-state index contributed by atoms with van der Waals surface area (Å²) >= 11 is 7.66. The third-order valence-corrected chi connectivity index (χ3v) is 5.41. The van der Waals surface area contributed by atoms with Crippen LogP contribution in [0.5, 0.6) is 0 Å². The molecule has 1 aliphatic rings. The molecule has 2 amide bonds. The molecule has 0 aromatic heterocycles. The molecule has 0 saturated heterocycles.